The van der Waals surface area contributed by atoms with Crippen LogP contribution in [0.2, 0.25) is 0 Å². The third kappa shape index (κ3) is 6.21. The van der Waals surface area contributed by atoms with Crippen LogP contribution in [0.1, 0.15) is 25.8 Å². The Kier molecular flexibility index (Phi) is 7.29. The Morgan fingerprint density at radius 1 is 1.24 bits per heavy atom. The number of aliphatic carboxylic acids is 1. The van der Waals surface area contributed by atoms with Crippen LogP contribution in [0.5, 0.6) is 0 Å². The number of rotatable bonds is 8. The van der Waals surface area contributed by atoms with Gasteiger partial charge in [-0.3, -0.25) is 4.79 Å². The van der Waals surface area contributed by atoms with Crippen molar-refractivity contribution in [3.05, 3.63) is 35.9 Å². The summed E-state index contributed by atoms with van der Waals surface area (Å²) in [7, 11) is 0. The van der Waals surface area contributed by atoms with Crippen molar-refractivity contribution in [2.24, 2.45) is 11.8 Å². The molecule has 0 aliphatic rings. The summed E-state index contributed by atoms with van der Waals surface area (Å²) in [5, 5.41) is 11.9. The topological polar surface area (TPSA) is 66.4 Å². The second-order valence-electron chi connectivity index (χ2n) is 5.60. The van der Waals surface area contributed by atoms with E-state index in [1.54, 1.807) is 0 Å². The van der Waals surface area contributed by atoms with Gasteiger partial charge in [-0.05, 0) is 17.9 Å². The van der Waals surface area contributed by atoms with Crippen molar-refractivity contribution in [1.29, 1.82) is 0 Å². The molecule has 1 amide bonds. The number of carbonyl (C=O) groups excluding carboxylic acids is 1. The van der Waals surface area contributed by atoms with Crippen molar-refractivity contribution < 1.29 is 14.7 Å². The number of hydrogen-bond donors (Lipinski definition) is 3. The zero-order chi connectivity index (χ0) is 15.8. The van der Waals surface area contributed by atoms with Gasteiger partial charge in [-0.2, -0.15) is 12.6 Å². The molecule has 4 nitrogen and oxygen atoms in total. The van der Waals surface area contributed by atoms with Crippen LogP contribution in [0.4, 0.5) is 0 Å². The fraction of sp³-hybridized carbons (Fsp3) is 0.500. The van der Waals surface area contributed by atoms with Crippen LogP contribution in [0.3, 0.4) is 0 Å². The van der Waals surface area contributed by atoms with E-state index in [1.165, 1.54) is 0 Å². The van der Waals surface area contributed by atoms with Gasteiger partial charge in [-0.1, -0.05) is 44.2 Å². The van der Waals surface area contributed by atoms with Crippen LogP contribution in [-0.4, -0.2) is 28.8 Å². The van der Waals surface area contributed by atoms with Crippen molar-refractivity contribution in [3.8, 4) is 0 Å². The lowest BCUT2D eigenvalue weighted by Gasteiger charge is -2.20. The summed E-state index contributed by atoms with van der Waals surface area (Å²) < 4.78 is 0. The van der Waals surface area contributed by atoms with E-state index in [0.717, 1.165) is 5.56 Å². The molecule has 116 valence electrons. The van der Waals surface area contributed by atoms with Crippen LogP contribution in [0.15, 0.2) is 30.3 Å². The molecule has 0 fully saturated rings. The van der Waals surface area contributed by atoms with E-state index in [-0.39, 0.29) is 18.2 Å². The first-order chi connectivity index (χ1) is 9.93. The number of thiol groups is 1. The van der Waals surface area contributed by atoms with Gasteiger partial charge < -0.3 is 10.4 Å². The highest BCUT2D eigenvalue weighted by molar-refractivity contribution is 7.80. The van der Waals surface area contributed by atoms with Gasteiger partial charge in [0.2, 0.25) is 5.91 Å². The summed E-state index contributed by atoms with van der Waals surface area (Å²) in [5.74, 6) is -0.727. The average molecular weight is 309 g/mol. The largest absolute Gasteiger partial charge is 0.480 e. The van der Waals surface area contributed by atoms with Crippen LogP contribution < -0.4 is 5.32 Å². The molecule has 1 rings (SSSR count). The summed E-state index contributed by atoms with van der Waals surface area (Å²) in [4.78, 5) is 23.5. The quantitative estimate of drug-likeness (QED) is 0.646. The monoisotopic (exact) mass is 309 g/mol. The number of benzene rings is 1. The molecule has 0 aliphatic carbocycles. The highest BCUT2D eigenvalue weighted by atomic mass is 32.1. The van der Waals surface area contributed by atoms with Gasteiger partial charge in [-0.25, -0.2) is 4.79 Å². The molecule has 1 aromatic rings. The molecule has 21 heavy (non-hydrogen) atoms. The Labute approximate surface area is 131 Å². The van der Waals surface area contributed by atoms with Gasteiger partial charge in [-0.15, -0.1) is 0 Å². The van der Waals surface area contributed by atoms with E-state index in [2.05, 4.69) is 17.9 Å². The minimum atomic E-state index is -1.02. The Balaban J connectivity index is 2.69. The summed E-state index contributed by atoms with van der Waals surface area (Å²) in [6, 6.07) is 8.38. The molecule has 0 heterocycles. The number of nitrogens with one attached hydrogen (secondary N) is 1. The van der Waals surface area contributed by atoms with E-state index >= 15 is 0 Å². The van der Waals surface area contributed by atoms with E-state index in [9.17, 15) is 14.7 Å². The first kappa shape index (κ1) is 17.6. The van der Waals surface area contributed by atoms with Crippen molar-refractivity contribution >= 4 is 24.5 Å². The number of carboxylic acid groups (broad SMARTS) is 1. The molecule has 0 spiro atoms. The van der Waals surface area contributed by atoms with E-state index in [0.29, 0.717) is 18.1 Å². The molecule has 2 atom stereocenters. The Bertz CT molecular complexity index is 462. The first-order valence-electron chi connectivity index (χ1n) is 7.12. The molecule has 2 unspecified atom stereocenters. The predicted octanol–water partition coefficient (Wildman–Crippen LogP) is 2.39. The van der Waals surface area contributed by atoms with Crippen LogP contribution in [0, 0.1) is 11.8 Å². The lowest BCUT2D eigenvalue weighted by molar-refractivity contribution is -0.142. The molecule has 0 saturated heterocycles. The van der Waals surface area contributed by atoms with E-state index in [1.807, 2.05) is 44.2 Å². The normalized spacial score (nSPS) is 13.7. The van der Waals surface area contributed by atoms with Gasteiger partial charge in [0.05, 0.1) is 0 Å². The maximum atomic E-state index is 12.2. The molecular formula is C16H23NO3S. The van der Waals surface area contributed by atoms with Crippen LogP contribution >= 0.6 is 12.6 Å². The molecule has 2 N–H and O–H groups in total. The highest BCUT2D eigenvalue weighted by Gasteiger charge is 2.25. The third-order valence-corrected chi connectivity index (χ3v) is 3.69. The van der Waals surface area contributed by atoms with E-state index < -0.39 is 12.0 Å². The molecule has 0 aliphatic heterocycles. The lowest BCUT2D eigenvalue weighted by atomic mass is 9.97. The van der Waals surface area contributed by atoms with Gasteiger partial charge >= 0.3 is 5.97 Å². The number of carbonyl (C=O) groups is 2. The fourth-order valence-electron chi connectivity index (χ4n) is 2.17. The van der Waals surface area contributed by atoms with E-state index in [4.69, 9.17) is 0 Å². The number of hydrogen-bond acceptors (Lipinski definition) is 3. The lowest BCUT2D eigenvalue weighted by Crippen LogP contribution is -2.45. The van der Waals surface area contributed by atoms with Crippen molar-refractivity contribution in [2.75, 3.05) is 5.75 Å². The zero-order valence-corrected chi connectivity index (χ0v) is 13.3. The van der Waals surface area contributed by atoms with Crippen molar-refractivity contribution in [3.63, 3.8) is 0 Å². The minimum Gasteiger partial charge on any atom is -0.480 e. The second-order valence-corrected chi connectivity index (χ2v) is 5.96. The molecule has 5 heteroatoms. The SMILES string of the molecule is CC(C)CC(CS)C(=O)NC(Cc1ccccc1)C(=O)O. The summed E-state index contributed by atoms with van der Waals surface area (Å²) >= 11 is 4.19. The molecular weight excluding hydrogens is 286 g/mol. The summed E-state index contributed by atoms with van der Waals surface area (Å²) in [5.41, 5.74) is 0.886. The summed E-state index contributed by atoms with van der Waals surface area (Å²) in [6.45, 7) is 4.06. The number of carboxylic acids is 1. The predicted molar refractivity (Wildman–Crippen MR) is 86.5 cm³/mol. The van der Waals surface area contributed by atoms with Gasteiger partial charge in [0, 0.05) is 18.1 Å². The van der Waals surface area contributed by atoms with Crippen molar-refractivity contribution in [2.45, 2.75) is 32.7 Å². The minimum absolute atomic E-state index is 0.234. The Morgan fingerprint density at radius 2 is 1.86 bits per heavy atom. The molecule has 1 aromatic carbocycles. The smallest absolute Gasteiger partial charge is 0.326 e. The molecule has 0 bridgehead atoms. The zero-order valence-electron chi connectivity index (χ0n) is 12.5. The second kappa shape index (κ2) is 8.72. The van der Waals surface area contributed by atoms with Gasteiger partial charge in [0.25, 0.3) is 0 Å². The third-order valence-electron chi connectivity index (χ3n) is 3.24. The van der Waals surface area contributed by atoms with Gasteiger partial charge in [0.1, 0.15) is 6.04 Å². The number of amides is 1. The summed E-state index contributed by atoms with van der Waals surface area (Å²) in [6.07, 6.45) is 0.982. The molecule has 0 saturated carbocycles. The maximum absolute atomic E-state index is 12.2. The highest BCUT2D eigenvalue weighted by Crippen LogP contribution is 2.14. The molecule has 0 radical (unpaired) electrons. The fourth-order valence-corrected chi connectivity index (χ4v) is 2.49. The average Bonchev–Trinajstić information content (AvgIpc) is 2.44. The maximum Gasteiger partial charge on any atom is 0.326 e. The van der Waals surface area contributed by atoms with Crippen LogP contribution in [0.25, 0.3) is 0 Å². The Hall–Kier alpha value is -1.49. The first-order valence-corrected chi connectivity index (χ1v) is 7.75. The molecule has 0 aromatic heterocycles. The van der Waals surface area contributed by atoms with Crippen LogP contribution in [-0.2, 0) is 16.0 Å². The Morgan fingerprint density at radius 3 is 2.33 bits per heavy atom. The van der Waals surface area contributed by atoms with Gasteiger partial charge in [0.15, 0.2) is 0 Å². The standard InChI is InChI=1S/C16H23NO3S/c1-11(2)8-13(10-21)15(18)17-14(16(19)20)9-12-6-4-3-5-7-12/h3-7,11,13-14,21H,8-10H2,1-2H3,(H,17,18)(H,19,20). The van der Waals surface area contributed by atoms with Crippen molar-refractivity contribution in [1.82, 2.24) is 5.32 Å².